The molecule has 1 saturated carbocycles. The number of carbonyl (C=O) groups excluding carboxylic acids is 3. The Morgan fingerprint density at radius 3 is 2.33 bits per heavy atom. The lowest BCUT2D eigenvalue weighted by Gasteiger charge is -2.39. The Balaban J connectivity index is 1.04. The van der Waals surface area contributed by atoms with Crippen LogP contribution in [0.4, 0.5) is 4.79 Å². The van der Waals surface area contributed by atoms with Gasteiger partial charge in [-0.25, -0.2) is 4.79 Å². The van der Waals surface area contributed by atoms with Crippen molar-refractivity contribution in [3.05, 3.63) is 144 Å². The van der Waals surface area contributed by atoms with E-state index in [0.717, 1.165) is 52.0 Å². The van der Waals surface area contributed by atoms with Gasteiger partial charge in [0.2, 0.25) is 5.91 Å². The maximum absolute atomic E-state index is 13.4. The van der Waals surface area contributed by atoms with Crippen molar-refractivity contribution in [1.82, 2.24) is 15.1 Å². The first-order valence-corrected chi connectivity index (χ1v) is 19.2. The topological polar surface area (TPSA) is 118 Å². The van der Waals surface area contributed by atoms with Crippen LogP contribution in [0.1, 0.15) is 78.7 Å². The molecule has 0 bridgehead atoms. The number of carbonyl (C=O) groups is 3. The highest BCUT2D eigenvalue weighted by Crippen LogP contribution is 2.39. The molecule has 7 rings (SSSR count). The van der Waals surface area contributed by atoms with E-state index in [0.29, 0.717) is 12.5 Å². The third-order valence-corrected chi connectivity index (χ3v) is 10.8. The van der Waals surface area contributed by atoms with Crippen LogP contribution in [0, 0.1) is 0 Å². The molecule has 2 heterocycles. The quantitative estimate of drug-likeness (QED) is 0.102. The molecule has 10 heteroatoms. The van der Waals surface area contributed by atoms with Gasteiger partial charge in [-0.1, -0.05) is 122 Å². The number of benzene rings is 4. The Morgan fingerprint density at radius 2 is 1.60 bits per heavy atom. The summed E-state index contributed by atoms with van der Waals surface area (Å²) in [5, 5.41) is 12.2. The molecule has 286 valence electrons. The van der Waals surface area contributed by atoms with Gasteiger partial charge in [0, 0.05) is 31.1 Å². The summed E-state index contributed by atoms with van der Waals surface area (Å²) in [4.78, 5) is 42.6. The van der Waals surface area contributed by atoms with Crippen molar-refractivity contribution < 1.29 is 33.7 Å². The highest BCUT2D eigenvalue weighted by Gasteiger charge is 2.40. The smallest absolute Gasteiger partial charge is 0.408 e. The van der Waals surface area contributed by atoms with Crippen LogP contribution in [0.15, 0.2) is 116 Å². The lowest BCUT2D eigenvalue weighted by atomic mass is 9.97. The molecule has 4 atom stereocenters. The minimum atomic E-state index is -0.986. The number of hydrogen-bond donors (Lipinski definition) is 2. The average molecular weight is 744 g/mol. The van der Waals surface area contributed by atoms with E-state index >= 15 is 0 Å². The number of alkyl carbamates (subject to hydrolysis) is 1. The summed E-state index contributed by atoms with van der Waals surface area (Å²) < 4.78 is 18.6. The van der Waals surface area contributed by atoms with Crippen LogP contribution in [0.2, 0.25) is 0 Å². The first kappa shape index (κ1) is 38.2. The number of nitrogens with zero attached hydrogens (tertiary/aromatic N) is 2. The second-order valence-corrected chi connectivity index (χ2v) is 14.6. The largest absolute Gasteiger partial charge is 0.445 e. The lowest BCUT2D eigenvalue weighted by molar-refractivity contribution is -0.253. The van der Waals surface area contributed by atoms with Gasteiger partial charge in [0.15, 0.2) is 6.29 Å². The molecule has 0 spiro atoms. The minimum Gasteiger partial charge on any atom is -0.445 e. The zero-order valence-corrected chi connectivity index (χ0v) is 31.1. The maximum atomic E-state index is 13.4. The number of imide groups is 1. The maximum Gasteiger partial charge on any atom is 0.408 e. The molecule has 10 nitrogen and oxygen atoms in total. The Labute approximate surface area is 322 Å². The van der Waals surface area contributed by atoms with Crippen LogP contribution in [-0.2, 0) is 43.6 Å². The van der Waals surface area contributed by atoms with Crippen molar-refractivity contribution in [1.29, 1.82) is 0 Å². The van der Waals surface area contributed by atoms with Crippen molar-refractivity contribution in [2.24, 2.45) is 0 Å². The standard InChI is InChI=1S/C45H49N3O7/c1-2-24-47(37-13-7-8-14-37)28-38-25-41(34-18-16-31(29-49)17-19-34)55-44(54-38)35-22-20-33(21-23-35)39-15-9-6-12-36(39)27-48-42(50)26-40(43(48)51)46-45(52)53-30-32-10-4-3-5-11-32/h2-6,9-12,15-23,37-38,40-41,44,49H,1,7-8,13-14,24-30H2,(H,46,52). The molecule has 4 unspecified atom stereocenters. The first-order chi connectivity index (χ1) is 26.9. The van der Waals surface area contributed by atoms with Gasteiger partial charge in [0.05, 0.1) is 31.8 Å². The number of aliphatic hydroxyl groups is 1. The Hall–Kier alpha value is -5.13. The third-order valence-electron chi connectivity index (χ3n) is 10.8. The Bertz CT molecular complexity index is 1930. The van der Waals surface area contributed by atoms with Crippen LogP contribution in [-0.4, -0.2) is 64.1 Å². The van der Waals surface area contributed by atoms with Crippen LogP contribution in [0.25, 0.3) is 11.1 Å². The van der Waals surface area contributed by atoms with E-state index in [1.807, 2.05) is 109 Å². The molecule has 4 aromatic rings. The van der Waals surface area contributed by atoms with Crippen molar-refractivity contribution >= 4 is 17.9 Å². The first-order valence-electron chi connectivity index (χ1n) is 19.2. The van der Waals surface area contributed by atoms with Gasteiger partial charge in [-0.05, 0) is 46.2 Å². The van der Waals surface area contributed by atoms with E-state index in [1.54, 1.807) is 0 Å². The normalized spacial score (nSPS) is 21.6. The van der Waals surface area contributed by atoms with E-state index in [-0.39, 0.29) is 44.3 Å². The molecule has 2 aliphatic heterocycles. The van der Waals surface area contributed by atoms with E-state index in [9.17, 15) is 19.5 Å². The number of rotatable bonds is 14. The highest BCUT2D eigenvalue weighted by atomic mass is 16.7. The van der Waals surface area contributed by atoms with Crippen LogP contribution in [0.3, 0.4) is 0 Å². The zero-order valence-electron chi connectivity index (χ0n) is 31.1. The molecule has 3 fully saturated rings. The molecule has 0 aromatic heterocycles. The van der Waals surface area contributed by atoms with Crippen molar-refractivity contribution in [3.63, 3.8) is 0 Å². The lowest BCUT2D eigenvalue weighted by Crippen LogP contribution is -2.43. The van der Waals surface area contributed by atoms with Crippen LogP contribution < -0.4 is 5.32 Å². The molecule has 2 saturated heterocycles. The van der Waals surface area contributed by atoms with E-state index < -0.39 is 24.3 Å². The molecule has 1 aliphatic carbocycles. The van der Waals surface area contributed by atoms with Gasteiger partial charge in [0.25, 0.3) is 5.91 Å². The molecule has 3 aliphatic rings. The molecule has 0 radical (unpaired) electrons. The van der Waals surface area contributed by atoms with Crippen molar-refractivity contribution in [3.8, 4) is 11.1 Å². The fourth-order valence-electron chi connectivity index (χ4n) is 7.90. The monoisotopic (exact) mass is 743 g/mol. The summed E-state index contributed by atoms with van der Waals surface area (Å²) in [5.41, 5.74) is 6.21. The van der Waals surface area contributed by atoms with E-state index in [4.69, 9.17) is 14.2 Å². The van der Waals surface area contributed by atoms with Crippen molar-refractivity contribution in [2.45, 2.75) is 88.9 Å². The number of nitrogens with one attached hydrogen (secondary N) is 1. The van der Waals surface area contributed by atoms with Gasteiger partial charge in [0.1, 0.15) is 12.6 Å². The second-order valence-electron chi connectivity index (χ2n) is 14.6. The number of likely N-dealkylation sites (tertiary alicyclic amines) is 1. The fraction of sp³-hybridized carbons (Fsp3) is 0.356. The molecular formula is C45H49N3O7. The summed E-state index contributed by atoms with van der Waals surface area (Å²) in [5.74, 6) is -0.821. The number of hydrogen-bond acceptors (Lipinski definition) is 8. The summed E-state index contributed by atoms with van der Waals surface area (Å²) in [6.07, 6.45) is 5.84. The van der Waals surface area contributed by atoms with Gasteiger partial charge < -0.3 is 24.6 Å². The molecule has 4 aromatic carbocycles. The van der Waals surface area contributed by atoms with Crippen LogP contribution in [0.5, 0.6) is 0 Å². The predicted molar refractivity (Wildman–Crippen MR) is 208 cm³/mol. The third kappa shape index (κ3) is 9.40. The highest BCUT2D eigenvalue weighted by molar-refractivity contribution is 6.06. The second kappa shape index (κ2) is 18.0. The van der Waals surface area contributed by atoms with Gasteiger partial charge in [-0.3, -0.25) is 19.4 Å². The Kier molecular flexibility index (Phi) is 12.5. The van der Waals surface area contributed by atoms with Gasteiger partial charge >= 0.3 is 6.09 Å². The van der Waals surface area contributed by atoms with E-state index in [1.165, 1.54) is 30.6 Å². The minimum absolute atomic E-state index is 0.0120. The number of ether oxygens (including phenoxy) is 3. The van der Waals surface area contributed by atoms with Gasteiger partial charge in [-0.2, -0.15) is 0 Å². The molecule has 3 amide bonds. The average Bonchev–Trinajstić information content (AvgIpc) is 3.85. The zero-order chi connectivity index (χ0) is 38.1. The van der Waals surface area contributed by atoms with E-state index in [2.05, 4.69) is 16.8 Å². The summed E-state index contributed by atoms with van der Waals surface area (Å²) in [7, 11) is 0. The Morgan fingerprint density at radius 1 is 0.891 bits per heavy atom. The van der Waals surface area contributed by atoms with Gasteiger partial charge in [-0.15, -0.1) is 6.58 Å². The number of aliphatic hydroxyl groups excluding tert-OH is 1. The SMILES string of the molecule is C=CCN(CC1CC(c2ccc(CO)cc2)OC(c2ccc(-c3ccccc3CN3C(=O)CC(NC(=O)OCc4ccccc4)C3=O)cc2)O1)C1CCCC1. The molecule has 2 N–H and O–H groups in total. The number of amides is 3. The summed E-state index contributed by atoms with van der Waals surface area (Å²) >= 11 is 0. The molecule has 55 heavy (non-hydrogen) atoms. The summed E-state index contributed by atoms with van der Waals surface area (Å²) in [6.45, 7) is 5.74. The van der Waals surface area contributed by atoms with Crippen molar-refractivity contribution in [2.75, 3.05) is 13.1 Å². The fourth-order valence-corrected chi connectivity index (χ4v) is 7.90. The van der Waals surface area contributed by atoms with Crippen LogP contribution >= 0.6 is 0 Å². The predicted octanol–water partition coefficient (Wildman–Crippen LogP) is 7.38. The molecular weight excluding hydrogens is 695 g/mol. The summed E-state index contributed by atoms with van der Waals surface area (Å²) in [6, 6.07) is 32.5.